The number of benzene rings is 1. The third-order valence-electron chi connectivity index (χ3n) is 2.49. The van der Waals surface area contributed by atoms with Gasteiger partial charge in [-0.25, -0.2) is 0 Å². The van der Waals surface area contributed by atoms with Gasteiger partial charge in [0.1, 0.15) is 0 Å². The van der Waals surface area contributed by atoms with Gasteiger partial charge in [0.05, 0.1) is 12.2 Å². The lowest BCUT2D eigenvalue weighted by Gasteiger charge is -2.17. The lowest BCUT2D eigenvalue weighted by Crippen LogP contribution is -2.05. The van der Waals surface area contributed by atoms with Crippen LogP contribution in [0.3, 0.4) is 0 Å². The van der Waals surface area contributed by atoms with Crippen molar-refractivity contribution in [3.8, 4) is 0 Å². The summed E-state index contributed by atoms with van der Waals surface area (Å²) in [7, 11) is 0. The van der Waals surface area contributed by atoms with Gasteiger partial charge in [-0.05, 0) is 24.0 Å². The zero-order valence-electron chi connectivity index (χ0n) is 9.34. The summed E-state index contributed by atoms with van der Waals surface area (Å²) in [6, 6.07) is 7.36. The number of hydrogen-bond donors (Lipinski definition) is 2. The molecule has 0 heterocycles. The van der Waals surface area contributed by atoms with Crippen LogP contribution in [0.15, 0.2) is 49.6 Å². The maximum Gasteiger partial charge on any atom is 0.0827 e. The van der Waals surface area contributed by atoms with E-state index in [1.54, 1.807) is 12.2 Å². The summed E-state index contributed by atoms with van der Waals surface area (Å²) < 4.78 is 0. The predicted molar refractivity (Wildman–Crippen MR) is 66.0 cm³/mol. The average molecular weight is 218 g/mol. The van der Waals surface area contributed by atoms with Gasteiger partial charge < -0.3 is 10.2 Å². The maximum atomic E-state index is 9.91. The van der Waals surface area contributed by atoms with Crippen LogP contribution in [0.5, 0.6) is 0 Å². The first kappa shape index (κ1) is 12.7. The molecule has 1 rings (SSSR count). The van der Waals surface area contributed by atoms with Crippen LogP contribution in [0.4, 0.5) is 0 Å². The fourth-order valence-corrected chi connectivity index (χ4v) is 1.69. The summed E-state index contributed by atoms with van der Waals surface area (Å²) in [6.45, 7) is 7.20. The molecule has 2 atom stereocenters. The van der Waals surface area contributed by atoms with Crippen molar-refractivity contribution in [3.05, 3.63) is 60.7 Å². The van der Waals surface area contributed by atoms with Crippen molar-refractivity contribution >= 4 is 0 Å². The first-order valence-corrected chi connectivity index (χ1v) is 5.37. The highest BCUT2D eigenvalue weighted by molar-refractivity contribution is 5.31. The van der Waals surface area contributed by atoms with Crippen molar-refractivity contribution in [2.45, 2.75) is 25.0 Å². The Morgan fingerprint density at radius 3 is 1.62 bits per heavy atom. The molecule has 0 aliphatic heterocycles. The summed E-state index contributed by atoms with van der Waals surface area (Å²) in [4.78, 5) is 0. The van der Waals surface area contributed by atoms with Gasteiger partial charge in [0.2, 0.25) is 0 Å². The number of aliphatic hydroxyl groups is 2. The molecular formula is C14H18O2. The lowest BCUT2D eigenvalue weighted by molar-refractivity contribution is 0.157. The minimum absolute atomic E-state index is 0.484. The van der Waals surface area contributed by atoms with Crippen molar-refractivity contribution in [1.82, 2.24) is 0 Å². The van der Waals surface area contributed by atoms with Crippen LogP contribution in [0.25, 0.3) is 0 Å². The van der Waals surface area contributed by atoms with Crippen LogP contribution in [0.2, 0.25) is 0 Å². The molecule has 86 valence electrons. The highest BCUT2D eigenvalue weighted by Crippen LogP contribution is 2.27. The minimum atomic E-state index is -0.604. The molecule has 1 aromatic carbocycles. The molecule has 0 radical (unpaired) electrons. The molecule has 0 bridgehead atoms. The van der Waals surface area contributed by atoms with Crippen LogP contribution < -0.4 is 0 Å². The van der Waals surface area contributed by atoms with Crippen molar-refractivity contribution in [2.24, 2.45) is 0 Å². The molecule has 1 aromatic rings. The van der Waals surface area contributed by atoms with Gasteiger partial charge in [0.15, 0.2) is 0 Å². The molecule has 0 saturated carbocycles. The minimum Gasteiger partial charge on any atom is -0.388 e. The van der Waals surface area contributed by atoms with E-state index in [0.29, 0.717) is 12.8 Å². The van der Waals surface area contributed by atoms with Crippen LogP contribution >= 0.6 is 0 Å². The van der Waals surface area contributed by atoms with Crippen LogP contribution in [-0.2, 0) is 0 Å². The molecule has 0 saturated heterocycles. The first-order chi connectivity index (χ1) is 7.70. The monoisotopic (exact) mass is 218 g/mol. The van der Waals surface area contributed by atoms with Crippen LogP contribution in [0.1, 0.15) is 36.2 Å². The summed E-state index contributed by atoms with van der Waals surface area (Å²) in [5, 5.41) is 19.8. The Morgan fingerprint density at radius 2 is 1.31 bits per heavy atom. The zero-order chi connectivity index (χ0) is 12.0. The third-order valence-corrected chi connectivity index (χ3v) is 2.49. The molecule has 0 aromatic heterocycles. The first-order valence-electron chi connectivity index (χ1n) is 5.37. The SMILES string of the molecule is C=CCC(O)c1ccccc1C(O)CC=C. The molecule has 0 fully saturated rings. The molecule has 16 heavy (non-hydrogen) atoms. The van der Waals surface area contributed by atoms with Gasteiger partial charge in [-0.15, -0.1) is 13.2 Å². The van der Waals surface area contributed by atoms with Crippen LogP contribution in [-0.4, -0.2) is 10.2 Å². The van der Waals surface area contributed by atoms with E-state index in [-0.39, 0.29) is 0 Å². The second kappa shape index (κ2) is 6.26. The second-order valence-corrected chi connectivity index (χ2v) is 3.71. The number of aliphatic hydroxyl groups excluding tert-OH is 2. The van der Waals surface area contributed by atoms with Gasteiger partial charge in [0.25, 0.3) is 0 Å². The van der Waals surface area contributed by atoms with Crippen LogP contribution in [0, 0.1) is 0 Å². The summed E-state index contributed by atoms with van der Waals surface area (Å²) in [5.41, 5.74) is 1.52. The van der Waals surface area contributed by atoms with E-state index in [2.05, 4.69) is 13.2 Å². The second-order valence-electron chi connectivity index (χ2n) is 3.71. The number of rotatable bonds is 6. The van der Waals surface area contributed by atoms with Gasteiger partial charge >= 0.3 is 0 Å². The van der Waals surface area contributed by atoms with E-state index in [9.17, 15) is 10.2 Å². The van der Waals surface area contributed by atoms with Gasteiger partial charge in [-0.2, -0.15) is 0 Å². The van der Waals surface area contributed by atoms with Crippen molar-refractivity contribution in [2.75, 3.05) is 0 Å². The van der Waals surface area contributed by atoms with Gasteiger partial charge in [-0.1, -0.05) is 36.4 Å². The molecule has 2 unspecified atom stereocenters. The summed E-state index contributed by atoms with van der Waals surface area (Å²) in [5.74, 6) is 0. The van der Waals surface area contributed by atoms with E-state index < -0.39 is 12.2 Å². The molecular weight excluding hydrogens is 200 g/mol. The fourth-order valence-electron chi connectivity index (χ4n) is 1.69. The Bertz CT molecular complexity index is 323. The Hall–Kier alpha value is -1.38. The smallest absolute Gasteiger partial charge is 0.0827 e. The quantitative estimate of drug-likeness (QED) is 0.721. The molecule has 2 nitrogen and oxygen atoms in total. The normalized spacial score (nSPS) is 14.1. The maximum absolute atomic E-state index is 9.91. The molecule has 0 aliphatic rings. The Morgan fingerprint density at radius 1 is 0.938 bits per heavy atom. The predicted octanol–water partition coefficient (Wildman–Crippen LogP) is 2.91. The largest absolute Gasteiger partial charge is 0.388 e. The highest BCUT2D eigenvalue weighted by atomic mass is 16.3. The molecule has 0 amide bonds. The van der Waals surface area contributed by atoms with Crippen molar-refractivity contribution < 1.29 is 10.2 Å². The van der Waals surface area contributed by atoms with E-state index >= 15 is 0 Å². The lowest BCUT2D eigenvalue weighted by atomic mass is 9.95. The molecule has 0 aliphatic carbocycles. The standard InChI is InChI=1S/C14H18O2/c1-3-7-13(15)11-9-5-6-10-12(11)14(16)8-4-2/h3-6,9-10,13-16H,1-2,7-8H2. The third kappa shape index (κ3) is 3.05. The molecule has 2 heteroatoms. The zero-order valence-corrected chi connectivity index (χ0v) is 9.34. The van der Waals surface area contributed by atoms with E-state index in [1.807, 2.05) is 24.3 Å². The topological polar surface area (TPSA) is 40.5 Å². The molecule has 0 spiro atoms. The van der Waals surface area contributed by atoms with E-state index in [0.717, 1.165) is 11.1 Å². The van der Waals surface area contributed by atoms with Gasteiger partial charge in [-0.3, -0.25) is 0 Å². The Kier molecular flexibility index (Phi) is 4.96. The summed E-state index contributed by atoms with van der Waals surface area (Å²) in [6.07, 6.45) is 3.10. The Balaban J connectivity index is 2.98. The highest BCUT2D eigenvalue weighted by Gasteiger charge is 2.15. The van der Waals surface area contributed by atoms with E-state index in [4.69, 9.17) is 0 Å². The fraction of sp³-hybridized carbons (Fsp3) is 0.286. The number of hydrogen-bond acceptors (Lipinski definition) is 2. The average Bonchev–Trinajstić information content (AvgIpc) is 2.30. The summed E-state index contributed by atoms with van der Waals surface area (Å²) >= 11 is 0. The molecule has 2 N–H and O–H groups in total. The van der Waals surface area contributed by atoms with E-state index in [1.165, 1.54) is 0 Å². The van der Waals surface area contributed by atoms with Crippen molar-refractivity contribution in [3.63, 3.8) is 0 Å². The van der Waals surface area contributed by atoms with Crippen molar-refractivity contribution in [1.29, 1.82) is 0 Å². The van der Waals surface area contributed by atoms with Gasteiger partial charge in [0, 0.05) is 0 Å². The Labute approximate surface area is 96.6 Å².